The molecule has 1 N–H and O–H groups in total. The highest BCUT2D eigenvalue weighted by molar-refractivity contribution is 9.10. The predicted molar refractivity (Wildman–Crippen MR) is 113 cm³/mol. The Balaban J connectivity index is 1.70. The summed E-state index contributed by atoms with van der Waals surface area (Å²) in [7, 11) is 1.65. The van der Waals surface area contributed by atoms with Gasteiger partial charge in [-0.05, 0) is 42.8 Å². The Labute approximate surface area is 176 Å². The van der Waals surface area contributed by atoms with E-state index >= 15 is 0 Å². The molecule has 0 fully saturated rings. The van der Waals surface area contributed by atoms with Gasteiger partial charge in [0, 0.05) is 35.2 Å². The Kier molecular flexibility index (Phi) is 7.18. The number of methoxy groups -OCH3 is 1. The van der Waals surface area contributed by atoms with Crippen molar-refractivity contribution in [3.05, 3.63) is 52.8 Å². The van der Waals surface area contributed by atoms with E-state index in [2.05, 4.69) is 36.4 Å². The lowest BCUT2D eigenvalue weighted by Gasteiger charge is -2.10. The zero-order valence-corrected chi connectivity index (χ0v) is 18.0. The van der Waals surface area contributed by atoms with Gasteiger partial charge in [-0.2, -0.15) is 0 Å². The molecule has 0 saturated heterocycles. The number of nitrogens with one attached hydrogen (secondary N) is 1. The van der Waals surface area contributed by atoms with Crippen LogP contribution in [0.25, 0.3) is 11.4 Å². The van der Waals surface area contributed by atoms with Gasteiger partial charge in [-0.1, -0.05) is 27.7 Å². The molecule has 0 bridgehead atoms. The number of ether oxygens (including phenoxy) is 1. The fourth-order valence-electron chi connectivity index (χ4n) is 2.54. The summed E-state index contributed by atoms with van der Waals surface area (Å²) < 4.78 is 8.17. The van der Waals surface area contributed by atoms with Crippen LogP contribution < -0.4 is 5.32 Å². The van der Waals surface area contributed by atoms with Gasteiger partial charge in [0.05, 0.1) is 18.9 Å². The molecule has 7 nitrogen and oxygen atoms in total. The van der Waals surface area contributed by atoms with Gasteiger partial charge in [0.2, 0.25) is 5.91 Å². The molecular formula is C19H20BrN5O2S. The van der Waals surface area contributed by atoms with Crippen LogP contribution in [-0.4, -0.2) is 45.1 Å². The minimum atomic E-state index is -0.0986. The number of carbonyl (C=O) groups is 1. The SMILES string of the molecule is COCCn1c(SCC(=O)Nc2ccc(Br)c(C)c2)nnc1-c1ccncc1. The normalized spacial score (nSPS) is 10.8. The molecule has 9 heteroatoms. The molecule has 0 atom stereocenters. The number of benzene rings is 1. The van der Waals surface area contributed by atoms with Crippen molar-refractivity contribution in [2.24, 2.45) is 0 Å². The molecule has 146 valence electrons. The molecule has 28 heavy (non-hydrogen) atoms. The fourth-order valence-corrected chi connectivity index (χ4v) is 3.55. The van der Waals surface area contributed by atoms with Crippen LogP contribution in [0, 0.1) is 6.92 Å². The summed E-state index contributed by atoms with van der Waals surface area (Å²) in [6.45, 7) is 3.10. The van der Waals surface area contributed by atoms with Gasteiger partial charge in [0.15, 0.2) is 11.0 Å². The van der Waals surface area contributed by atoms with E-state index in [1.165, 1.54) is 11.8 Å². The number of rotatable bonds is 8. The smallest absolute Gasteiger partial charge is 0.234 e. The first-order valence-corrected chi connectivity index (χ1v) is 10.4. The molecule has 1 aromatic carbocycles. The number of thioether (sulfide) groups is 1. The number of hydrogen-bond acceptors (Lipinski definition) is 6. The van der Waals surface area contributed by atoms with Crippen LogP contribution in [0.15, 0.2) is 52.4 Å². The van der Waals surface area contributed by atoms with Crippen molar-refractivity contribution in [1.29, 1.82) is 0 Å². The molecule has 0 aliphatic heterocycles. The second-order valence-corrected chi connectivity index (χ2v) is 7.78. The lowest BCUT2D eigenvalue weighted by molar-refractivity contribution is -0.113. The minimum absolute atomic E-state index is 0.0986. The maximum absolute atomic E-state index is 12.4. The Morgan fingerprint density at radius 3 is 2.75 bits per heavy atom. The first-order valence-electron chi connectivity index (χ1n) is 8.60. The van der Waals surface area contributed by atoms with Crippen molar-refractivity contribution in [2.75, 3.05) is 24.8 Å². The first-order chi connectivity index (χ1) is 13.6. The van der Waals surface area contributed by atoms with E-state index in [9.17, 15) is 4.79 Å². The Morgan fingerprint density at radius 1 is 1.25 bits per heavy atom. The summed E-state index contributed by atoms with van der Waals surface area (Å²) in [5.74, 6) is 0.862. The third-order valence-corrected chi connectivity index (χ3v) is 5.80. The van der Waals surface area contributed by atoms with Gasteiger partial charge in [-0.3, -0.25) is 14.3 Å². The van der Waals surface area contributed by atoms with E-state index in [-0.39, 0.29) is 11.7 Å². The maximum Gasteiger partial charge on any atom is 0.234 e. The summed E-state index contributed by atoms with van der Waals surface area (Å²) >= 11 is 4.80. The number of hydrogen-bond donors (Lipinski definition) is 1. The van der Waals surface area contributed by atoms with E-state index in [1.54, 1.807) is 19.5 Å². The van der Waals surface area contributed by atoms with Crippen molar-refractivity contribution in [3.8, 4) is 11.4 Å². The highest BCUT2D eigenvalue weighted by Gasteiger charge is 2.15. The highest BCUT2D eigenvalue weighted by Crippen LogP contribution is 2.24. The lowest BCUT2D eigenvalue weighted by atomic mass is 10.2. The lowest BCUT2D eigenvalue weighted by Crippen LogP contribution is -2.15. The van der Waals surface area contributed by atoms with Crippen LogP contribution >= 0.6 is 27.7 Å². The molecule has 0 saturated carbocycles. The molecule has 0 radical (unpaired) electrons. The summed E-state index contributed by atoms with van der Waals surface area (Å²) in [5.41, 5.74) is 2.75. The van der Waals surface area contributed by atoms with Crippen LogP contribution in [0.4, 0.5) is 5.69 Å². The van der Waals surface area contributed by atoms with E-state index < -0.39 is 0 Å². The summed E-state index contributed by atoms with van der Waals surface area (Å²) in [6.07, 6.45) is 3.43. The number of halogens is 1. The largest absolute Gasteiger partial charge is 0.383 e. The third kappa shape index (κ3) is 5.18. The van der Waals surface area contributed by atoms with Gasteiger partial charge in [0.1, 0.15) is 0 Å². The van der Waals surface area contributed by atoms with E-state index in [0.717, 1.165) is 27.1 Å². The van der Waals surface area contributed by atoms with Crippen LogP contribution in [0.3, 0.4) is 0 Å². The molecule has 0 unspecified atom stereocenters. The number of pyridine rings is 1. The predicted octanol–water partition coefficient (Wildman–Crippen LogP) is 3.79. The second-order valence-electron chi connectivity index (χ2n) is 5.99. The zero-order valence-electron chi connectivity index (χ0n) is 15.6. The van der Waals surface area contributed by atoms with Gasteiger partial charge >= 0.3 is 0 Å². The number of nitrogens with zero attached hydrogens (tertiary/aromatic N) is 4. The number of amides is 1. The molecule has 2 aromatic heterocycles. The van der Waals surface area contributed by atoms with Crippen molar-refractivity contribution in [2.45, 2.75) is 18.6 Å². The zero-order chi connectivity index (χ0) is 19.9. The second kappa shape index (κ2) is 9.81. The summed E-state index contributed by atoms with van der Waals surface area (Å²) in [6, 6.07) is 9.46. The minimum Gasteiger partial charge on any atom is -0.383 e. The van der Waals surface area contributed by atoms with Crippen LogP contribution in [0.1, 0.15) is 5.56 Å². The van der Waals surface area contributed by atoms with E-state index in [4.69, 9.17) is 4.74 Å². The van der Waals surface area contributed by atoms with Gasteiger partial charge < -0.3 is 10.1 Å². The Hall–Kier alpha value is -2.23. The van der Waals surface area contributed by atoms with E-state index in [0.29, 0.717) is 18.3 Å². The topological polar surface area (TPSA) is 81.9 Å². The van der Waals surface area contributed by atoms with Crippen molar-refractivity contribution >= 4 is 39.3 Å². The molecule has 3 rings (SSSR count). The highest BCUT2D eigenvalue weighted by atomic mass is 79.9. The van der Waals surface area contributed by atoms with Crippen LogP contribution in [0.5, 0.6) is 0 Å². The van der Waals surface area contributed by atoms with Crippen LogP contribution in [0.2, 0.25) is 0 Å². The quantitative estimate of drug-likeness (QED) is 0.513. The monoisotopic (exact) mass is 461 g/mol. The standard InChI is InChI=1S/C19H20BrN5O2S/c1-13-11-15(3-4-16(13)20)22-17(26)12-28-19-24-23-18(25(19)9-10-27-2)14-5-7-21-8-6-14/h3-8,11H,9-10,12H2,1-2H3,(H,22,26). The summed E-state index contributed by atoms with van der Waals surface area (Å²) in [5, 5.41) is 12.1. The van der Waals surface area contributed by atoms with Crippen molar-refractivity contribution < 1.29 is 9.53 Å². The Morgan fingerprint density at radius 2 is 2.04 bits per heavy atom. The molecule has 3 aromatic rings. The number of aryl methyl sites for hydroxylation is 1. The van der Waals surface area contributed by atoms with Crippen molar-refractivity contribution in [3.63, 3.8) is 0 Å². The van der Waals surface area contributed by atoms with Crippen molar-refractivity contribution in [1.82, 2.24) is 19.7 Å². The van der Waals surface area contributed by atoms with Gasteiger partial charge in [-0.25, -0.2) is 0 Å². The molecule has 1 amide bonds. The molecule has 0 aliphatic rings. The average Bonchev–Trinajstić information content (AvgIpc) is 3.11. The maximum atomic E-state index is 12.4. The first kappa shape index (κ1) is 20.5. The summed E-state index contributed by atoms with van der Waals surface area (Å²) in [4.78, 5) is 16.4. The van der Waals surface area contributed by atoms with Gasteiger partial charge in [-0.15, -0.1) is 10.2 Å². The number of carbonyl (C=O) groups excluding carboxylic acids is 1. The fraction of sp³-hybridized carbons (Fsp3) is 0.263. The number of aromatic nitrogens is 4. The van der Waals surface area contributed by atoms with Gasteiger partial charge in [0.25, 0.3) is 0 Å². The van der Waals surface area contributed by atoms with E-state index in [1.807, 2.05) is 41.8 Å². The molecular weight excluding hydrogens is 442 g/mol. The average molecular weight is 462 g/mol. The number of anilines is 1. The third-order valence-electron chi connectivity index (χ3n) is 3.95. The Bertz CT molecular complexity index is 949. The molecule has 0 spiro atoms. The molecule has 0 aliphatic carbocycles. The molecule has 2 heterocycles. The van der Waals surface area contributed by atoms with Crippen LogP contribution in [-0.2, 0) is 16.1 Å².